The third-order valence-electron chi connectivity index (χ3n) is 1.76. The molecule has 0 aliphatic rings. The summed E-state index contributed by atoms with van der Waals surface area (Å²) in [5.41, 5.74) is 7.17. The van der Waals surface area contributed by atoms with Crippen LogP contribution in [0.3, 0.4) is 0 Å². The molecule has 1 heterocycles. The van der Waals surface area contributed by atoms with Crippen molar-refractivity contribution < 1.29 is 9.47 Å². The minimum absolute atomic E-state index is 0.515. The van der Waals surface area contributed by atoms with Crippen molar-refractivity contribution in [2.24, 2.45) is 0 Å². The fourth-order valence-corrected chi connectivity index (χ4v) is 1.03. The van der Waals surface area contributed by atoms with Crippen molar-refractivity contribution in [1.82, 2.24) is 4.98 Å². The second-order valence-electron chi connectivity index (χ2n) is 3.04. The maximum atomic E-state index is 5.69. The smallest absolute Gasteiger partial charge is 0.237 e. The van der Waals surface area contributed by atoms with E-state index in [2.05, 4.69) is 4.98 Å². The van der Waals surface area contributed by atoms with Gasteiger partial charge in [-0.3, -0.25) is 0 Å². The number of aromatic nitrogens is 1. The molecular weight excluding hydrogens is 180 g/mol. The van der Waals surface area contributed by atoms with Crippen molar-refractivity contribution in [3.63, 3.8) is 0 Å². The molecule has 14 heavy (non-hydrogen) atoms. The minimum Gasteiger partial charge on any atom is -0.476 e. The van der Waals surface area contributed by atoms with E-state index < -0.39 is 0 Å². The molecule has 0 saturated heterocycles. The summed E-state index contributed by atoms with van der Waals surface area (Å²) in [7, 11) is 1.67. The van der Waals surface area contributed by atoms with Gasteiger partial charge < -0.3 is 15.2 Å². The zero-order valence-electron chi connectivity index (χ0n) is 8.62. The third kappa shape index (κ3) is 3.22. The molecule has 0 amide bonds. The number of ether oxygens (including phenoxy) is 2. The van der Waals surface area contributed by atoms with Gasteiger partial charge in [0.15, 0.2) is 0 Å². The predicted molar refractivity (Wildman–Crippen MR) is 55.4 cm³/mol. The van der Waals surface area contributed by atoms with Gasteiger partial charge in [-0.1, -0.05) is 0 Å². The van der Waals surface area contributed by atoms with Crippen molar-refractivity contribution in [3.05, 3.63) is 17.8 Å². The maximum Gasteiger partial charge on any atom is 0.237 e. The van der Waals surface area contributed by atoms with Crippen LogP contribution >= 0.6 is 0 Å². The Morgan fingerprint density at radius 1 is 1.36 bits per heavy atom. The largest absolute Gasteiger partial charge is 0.476 e. The zero-order valence-corrected chi connectivity index (χ0v) is 8.62. The number of rotatable bonds is 5. The Labute approximate surface area is 84.0 Å². The van der Waals surface area contributed by atoms with E-state index in [1.54, 1.807) is 13.2 Å². The van der Waals surface area contributed by atoms with Gasteiger partial charge in [-0.15, -0.1) is 0 Å². The molecule has 0 unspecified atom stereocenters. The van der Waals surface area contributed by atoms with Gasteiger partial charge in [-0.25, -0.2) is 4.98 Å². The van der Waals surface area contributed by atoms with E-state index in [1.807, 2.05) is 13.0 Å². The van der Waals surface area contributed by atoms with Gasteiger partial charge in [-0.05, 0) is 19.1 Å². The number of anilines is 1. The Balaban J connectivity index is 2.45. The highest BCUT2D eigenvalue weighted by Gasteiger charge is 2.01. The van der Waals surface area contributed by atoms with E-state index in [4.69, 9.17) is 15.2 Å². The van der Waals surface area contributed by atoms with Crippen LogP contribution < -0.4 is 10.5 Å². The van der Waals surface area contributed by atoms with Gasteiger partial charge in [0.1, 0.15) is 0 Å². The van der Waals surface area contributed by atoms with Crippen LogP contribution in [0.2, 0.25) is 0 Å². The highest BCUT2D eigenvalue weighted by molar-refractivity contribution is 5.48. The molecule has 0 saturated carbocycles. The molecule has 0 bridgehead atoms. The summed E-state index contributed by atoms with van der Waals surface area (Å²) >= 11 is 0. The lowest BCUT2D eigenvalue weighted by molar-refractivity contribution is 0.171. The Hall–Kier alpha value is -1.29. The number of aryl methyl sites for hydroxylation is 1. The van der Waals surface area contributed by atoms with Crippen LogP contribution in [0.5, 0.6) is 5.88 Å². The lowest BCUT2D eigenvalue weighted by Crippen LogP contribution is -2.05. The Bertz CT molecular complexity index is 289. The summed E-state index contributed by atoms with van der Waals surface area (Å²) in [6.07, 6.45) is 0.839. The number of nitrogens with two attached hydrogens (primary N) is 1. The van der Waals surface area contributed by atoms with Crippen LogP contribution in [0.4, 0.5) is 5.69 Å². The second-order valence-corrected chi connectivity index (χ2v) is 3.04. The highest BCUT2D eigenvalue weighted by Crippen LogP contribution is 2.17. The lowest BCUT2D eigenvalue weighted by atomic mass is 10.3. The molecule has 0 radical (unpaired) electrons. The lowest BCUT2D eigenvalue weighted by Gasteiger charge is -2.07. The predicted octanol–water partition coefficient (Wildman–Crippen LogP) is 1.39. The molecular formula is C10H16N2O2. The van der Waals surface area contributed by atoms with Crippen molar-refractivity contribution >= 4 is 5.69 Å². The van der Waals surface area contributed by atoms with E-state index in [-0.39, 0.29) is 0 Å². The number of hydrogen-bond acceptors (Lipinski definition) is 4. The number of hydrogen-bond donors (Lipinski definition) is 1. The molecule has 0 fully saturated rings. The maximum absolute atomic E-state index is 5.69. The minimum atomic E-state index is 0.515. The molecule has 0 atom stereocenters. The number of nitrogens with zero attached hydrogens (tertiary/aromatic N) is 1. The highest BCUT2D eigenvalue weighted by atomic mass is 16.5. The van der Waals surface area contributed by atoms with Gasteiger partial charge in [-0.2, -0.15) is 0 Å². The van der Waals surface area contributed by atoms with Gasteiger partial charge >= 0.3 is 0 Å². The molecule has 1 aromatic rings. The van der Waals surface area contributed by atoms with E-state index in [0.29, 0.717) is 24.8 Å². The van der Waals surface area contributed by atoms with Crippen LogP contribution in [0.15, 0.2) is 12.1 Å². The van der Waals surface area contributed by atoms with Crippen molar-refractivity contribution in [2.75, 3.05) is 26.1 Å². The van der Waals surface area contributed by atoms with Gasteiger partial charge in [0, 0.05) is 25.8 Å². The molecule has 0 spiro atoms. The van der Waals surface area contributed by atoms with E-state index in [0.717, 1.165) is 12.1 Å². The first-order chi connectivity index (χ1) is 6.74. The molecule has 78 valence electrons. The summed E-state index contributed by atoms with van der Waals surface area (Å²) in [5.74, 6) is 0.515. The normalized spacial score (nSPS) is 10.1. The summed E-state index contributed by atoms with van der Waals surface area (Å²) < 4.78 is 10.3. The summed E-state index contributed by atoms with van der Waals surface area (Å²) in [5, 5.41) is 0. The van der Waals surface area contributed by atoms with Crippen LogP contribution in [0.25, 0.3) is 0 Å². The molecule has 1 aromatic heterocycles. The zero-order chi connectivity index (χ0) is 10.4. The quantitative estimate of drug-likeness (QED) is 0.723. The summed E-state index contributed by atoms with van der Waals surface area (Å²) in [6.45, 7) is 3.17. The fourth-order valence-electron chi connectivity index (χ4n) is 1.03. The number of pyridine rings is 1. The first kappa shape index (κ1) is 10.8. The van der Waals surface area contributed by atoms with Crippen molar-refractivity contribution in [3.8, 4) is 5.88 Å². The van der Waals surface area contributed by atoms with E-state index in [1.165, 1.54) is 0 Å². The van der Waals surface area contributed by atoms with Crippen LogP contribution in [-0.4, -0.2) is 25.3 Å². The topological polar surface area (TPSA) is 57.4 Å². The molecule has 0 aliphatic heterocycles. The van der Waals surface area contributed by atoms with Crippen LogP contribution in [-0.2, 0) is 4.74 Å². The van der Waals surface area contributed by atoms with Crippen molar-refractivity contribution in [1.29, 1.82) is 0 Å². The average Bonchev–Trinajstić information content (AvgIpc) is 2.18. The van der Waals surface area contributed by atoms with E-state index >= 15 is 0 Å². The summed E-state index contributed by atoms with van der Waals surface area (Å²) in [4.78, 5) is 4.18. The Morgan fingerprint density at radius 2 is 2.14 bits per heavy atom. The van der Waals surface area contributed by atoms with Gasteiger partial charge in [0.2, 0.25) is 5.88 Å². The molecule has 0 aromatic carbocycles. The Morgan fingerprint density at radius 3 is 2.86 bits per heavy atom. The molecule has 1 rings (SSSR count). The van der Waals surface area contributed by atoms with Gasteiger partial charge in [0.25, 0.3) is 0 Å². The van der Waals surface area contributed by atoms with Gasteiger partial charge in [0.05, 0.1) is 12.3 Å². The Kier molecular flexibility index (Phi) is 4.19. The van der Waals surface area contributed by atoms with Crippen molar-refractivity contribution in [2.45, 2.75) is 13.3 Å². The second kappa shape index (κ2) is 5.44. The first-order valence-electron chi connectivity index (χ1n) is 4.59. The monoisotopic (exact) mass is 196 g/mol. The van der Waals surface area contributed by atoms with Crippen LogP contribution in [0.1, 0.15) is 12.1 Å². The standard InChI is InChI=1S/C10H16N2O2/c1-8-4-5-9(11)10(12-8)14-7-3-6-13-2/h4-5H,3,6-7,11H2,1-2H3. The van der Waals surface area contributed by atoms with E-state index in [9.17, 15) is 0 Å². The van der Waals surface area contributed by atoms with Crippen LogP contribution in [0, 0.1) is 6.92 Å². The first-order valence-corrected chi connectivity index (χ1v) is 4.59. The summed E-state index contributed by atoms with van der Waals surface area (Å²) in [6, 6.07) is 3.66. The molecule has 4 heteroatoms. The third-order valence-corrected chi connectivity index (χ3v) is 1.76. The number of nitrogen functional groups attached to an aromatic ring is 1. The molecule has 4 nitrogen and oxygen atoms in total. The molecule has 2 N–H and O–H groups in total. The fraction of sp³-hybridized carbons (Fsp3) is 0.500. The molecule has 0 aliphatic carbocycles. The average molecular weight is 196 g/mol. The number of methoxy groups -OCH3 is 1. The SMILES string of the molecule is COCCCOc1nc(C)ccc1N.